The fraction of sp³-hybridized carbons (Fsp3) is 0. The predicted octanol–water partition coefficient (Wildman–Crippen LogP) is -4.64. The van der Waals surface area contributed by atoms with E-state index < -0.39 is 12.7 Å². The Morgan fingerprint density at radius 1 is 0.909 bits per heavy atom. The fourth-order valence-electron chi connectivity index (χ4n) is 0.766. The molecule has 0 heterocycles. The maximum atomic E-state index is 10.4. The molecule has 0 saturated heterocycles. The van der Waals surface area contributed by atoms with Gasteiger partial charge >= 0.3 is 7.82 Å². The molecule has 0 amide bonds. The van der Waals surface area contributed by atoms with Gasteiger partial charge in [-0.2, -0.15) is 0 Å². The van der Waals surface area contributed by atoms with Crippen molar-refractivity contribution in [2.45, 2.75) is 0 Å². The van der Waals surface area contributed by atoms with E-state index in [1.54, 1.807) is 0 Å². The summed E-state index contributed by atoms with van der Waals surface area (Å²) in [4.78, 5) is 26.4. The summed E-state index contributed by atoms with van der Waals surface area (Å²) in [6.45, 7) is 0. The number of non-ortho nitro benzene ring substituents is 1. The Kier molecular flexibility index (Phi) is 48.0. The first-order chi connectivity index (χ1) is 6.38. The summed E-state index contributed by atoms with van der Waals surface area (Å²) in [6.07, 6.45) is 0. The molecule has 14 N–H and O–H groups in total. The average Bonchev–Trinajstić information content (AvgIpc) is 2.02. The largest absolute Gasteiger partial charge is 0.524 e. The van der Waals surface area contributed by atoms with Crippen molar-refractivity contribution < 1.29 is 56.7 Å². The van der Waals surface area contributed by atoms with Crippen LogP contribution in [-0.2, 0) is 4.57 Å². The van der Waals surface area contributed by atoms with E-state index in [1.807, 2.05) is 0 Å². The van der Waals surface area contributed by atoms with Gasteiger partial charge in [0.25, 0.3) is 5.69 Å². The third-order valence-corrected chi connectivity index (χ3v) is 1.72. The van der Waals surface area contributed by atoms with Gasteiger partial charge in [0.15, 0.2) is 0 Å². The molecule has 1 aromatic rings. The van der Waals surface area contributed by atoms with Crippen LogP contribution >= 0.6 is 7.82 Å². The number of hydrogen-bond donors (Lipinski definition) is 2. The van der Waals surface area contributed by atoms with Crippen LogP contribution in [0.5, 0.6) is 5.75 Å². The molecular weight excluding hydrogens is 355 g/mol. The minimum Gasteiger partial charge on any atom is -0.412 e. The number of hydrogen-bond acceptors (Lipinski definition) is 4. The molecule has 0 spiro atoms. The second kappa shape index (κ2) is 21.3. The summed E-state index contributed by atoms with van der Waals surface area (Å²) >= 11 is 0. The number of phosphoric ester groups is 1. The van der Waals surface area contributed by atoms with Crippen LogP contribution in [0.3, 0.4) is 0 Å². The minimum atomic E-state index is -4.60. The molecule has 0 atom stereocenters. The summed E-state index contributed by atoms with van der Waals surface area (Å²) in [6, 6.07) is 4.39. The molecule has 2 radical (unpaired) electrons. The molecule has 0 fully saturated rings. The van der Waals surface area contributed by atoms with Crippen molar-refractivity contribution in [3.05, 3.63) is 34.4 Å². The topological polar surface area (TPSA) is 299 Å². The van der Waals surface area contributed by atoms with Crippen LogP contribution in [0.25, 0.3) is 0 Å². The summed E-state index contributed by atoms with van der Waals surface area (Å²) in [7, 11) is -4.60. The third kappa shape index (κ3) is 20.3. The van der Waals surface area contributed by atoms with Crippen LogP contribution < -0.4 is 4.52 Å². The molecule has 126 valence electrons. The smallest absolute Gasteiger partial charge is 0.412 e. The zero-order valence-electron chi connectivity index (χ0n) is 11.7. The number of nitro groups is 1. The van der Waals surface area contributed by atoms with Gasteiger partial charge < -0.3 is 37.4 Å². The van der Waals surface area contributed by atoms with Crippen LogP contribution in [0.1, 0.15) is 0 Å². The van der Waals surface area contributed by atoms with Crippen molar-refractivity contribution in [1.29, 1.82) is 0 Å². The van der Waals surface area contributed by atoms with E-state index in [0.717, 1.165) is 24.3 Å². The van der Waals surface area contributed by atoms with E-state index >= 15 is 0 Å². The summed E-state index contributed by atoms with van der Waals surface area (Å²) in [5.41, 5.74) is -0.178. The van der Waals surface area contributed by atoms with Crippen molar-refractivity contribution in [3.63, 3.8) is 0 Å². The Labute approximate surface area is 168 Å². The number of rotatable bonds is 3. The van der Waals surface area contributed by atoms with Gasteiger partial charge in [0.05, 0.1) is 4.92 Å². The SMILES string of the molecule is O.O.O.O.O.O.O=[N+]([O-])c1ccc(OP(=O)(O)O)cc1.[Na].[Na]. The van der Waals surface area contributed by atoms with Crippen LogP contribution in [-0.4, -0.2) is 107 Å². The Morgan fingerprint density at radius 3 is 1.45 bits per heavy atom. The first-order valence-electron chi connectivity index (χ1n) is 3.38. The summed E-state index contributed by atoms with van der Waals surface area (Å²) < 4.78 is 14.5. The number of benzene rings is 1. The molecule has 13 nitrogen and oxygen atoms in total. The monoisotopic (exact) mass is 373 g/mol. The van der Waals surface area contributed by atoms with Gasteiger partial charge in [0.2, 0.25) is 0 Å². The van der Waals surface area contributed by atoms with Crippen molar-refractivity contribution in [1.82, 2.24) is 0 Å². The molecule has 16 heteroatoms. The Morgan fingerprint density at radius 2 is 1.23 bits per heavy atom. The summed E-state index contributed by atoms with van der Waals surface area (Å²) in [5.74, 6) is -0.121. The predicted molar refractivity (Wildman–Crippen MR) is 79.0 cm³/mol. The van der Waals surface area contributed by atoms with Crippen molar-refractivity contribution in [3.8, 4) is 5.75 Å². The van der Waals surface area contributed by atoms with Gasteiger partial charge in [0.1, 0.15) is 5.75 Å². The van der Waals surface area contributed by atoms with Gasteiger partial charge in [-0.1, -0.05) is 0 Å². The third-order valence-electron chi connectivity index (χ3n) is 1.27. The maximum Gasteiger partial charge on any atom is 0.524 e. The molecule has 0 aliphatic rings. The van der Waals surface area contributed by atoms with Gasteiger partial charge in [-0.05, 0) is 12.1 Å². The normalized spacial score (nSPS) is 7.00. The zero-order valence-corrected chi connectivity index (χ0v) is 16.6. The molecular formula is C6H18NNa2O12P. The molecule has 1 rings (SSSR count). The standard InChI is InChI=1S/C6H6NO6P.2Na.6H2O/c8-7(9)5-1-3-6(4-2-5)13-14(10,11)12;;;;;;;;/h1-4H,(H2,10,11,12);;;6*1H2. The van der Waals surface area contributed by atoms with Gasteiger partial charge in [-0.3, -0.25) is 19.9 Å². The number of nitro benzene ring substituents is 1. The van der Waals surface area contributed by atoms with Crippen LogP contribution in [0.15, 0.2) is 24.3 Å². The van der Waals surface area contributed by atoms with E-state index in [0.29, 0.717) is 0 Å². The Hall–Kier alpha value is 0.330. The van der Waals surface area contributed by atoms with Crippen molar-refractivity contribution >= 4 is 72.6 Å². The number of phosphoric acid groups is 1. The molecule has 0 bridgehead atoms. The van der Waals surface area contributed by atoms with Gasteiger partial charge in [-0.25, -0.2) is 4.57 Å². The van der Waals surface area contributed by atoms with Crippen LogP contribution in [0, 0.1) is 10.1 Å². The van der Waals surface area contributed by atoms with Crippen LogP contribution in [0.4, 0.5) is 5.69 Å². The quantitative estimate of drug-likeness (QED) is 0.227. The molecule has 0 aromatic heterocycles. The van der Waals surface area contributed by atoms with Crippen LogP contribution in [0.2, 0.25) is 0 Å². The fourth-order valence-corrected chi connectivity index (χ4v) is 1.16. The number of nitrogens with zero attached hydrogens (tertiary/aromatic N) is 1. The Bertz CT molecular complexity index is 397. The second-order valence-corrected chi connectivity index (χ2v) is 3.50. The molecule has 0 saturated carbocycles. The van der Waals surface area contributed by atoms with E-state index in [-0.39, 0.29) is 103 Å². The van der Waals surface area contributed by atoms with Crippen molar-refractivity contribution in [2.24, 2.45) is 0 Å². The first-order valence-corrected chi connectivity index (χ1v) is 4.91. The van der Waals surface area contributed by atoms with Gasteiger partial charge in [-0.15, -0.1) is 0 Å². The molecule has 1 aromatic carbocycles. The average molecular weight is 373 g/mol. The van der Waals surface area contributed by atoms with Gasteiger partial charge in [0, 0.05) is 71.2 Å². The molecule has 22 heavy (non-hydrogen) atoms. The first kappa shape index (κ1) is 49.5. The molecule has 0 aliphatic heterocycles. The maximum absolute atomic E-state index is 10.4. The van der Waals surface area contributed by atoms with E-state index in [1.165, 1.54) is 0 Å². The molecule has 0 aliphatic carbocycles. The summed E-state index contributed by atoms with van der Waals surface area (Å²) in [5, 5.41) is 10.2. The van der Waals surface area contributed by atoms with E-state index in [2.05, 4.69) is 4.52 Å². The Balaban J connectivity index is -0.0000000408. The second-order valence-electron chi connectivity index (χ2n) is 2.33. The van der Waals surface area contributed by atoms with E-state index in [4.69, 9.17) is 9.79 Å². The van der Waals surface area contributed by atoms with E-state index in [9.17, 15) is 14.7 Å². The molecule has 0 unspecified atom stereocenters. The van der Waals surface area contributed by atoms with Crippen molar-refractivity contribution in [2.75, 3.05) is 0 Å². The minimum absolute atomic E-state index is 0. The zero-order chi connectivity index (χ0) is 10.8.